The van der Waals surface area contributed by atoms with E-state index in [0.29, 0.717) is 12.1 Å². The zero-order chi connectivity index (χ0) is 29.9. The molecular weight excluding hydrogens is 558 g/mol. The van der Waals surface area contributed by atoms with E-state index >= 15 is 0 Å². The second-order valence-corrected chi connectivity index (χ2v) is 8.09. The average Bonchev–Trinajstić information content (AvgIpc) is 3.20. The van der Waals surface area contributed by atoms with Gasteiger partial charge in [-0.15, -0.1) is 0 Å². The van der Waals surface area contributed by atoms with Gasteiger partial charge in [0.2, 0.25) is 0 Å². The van der Waals surface area contributed by atoms with Crippen molar-refractivity contribution in [1.82, 2.24) is 0 Å². The van der Waals surface area contributed by atoms with Gasteiger partial charge in [-0.2, -0.15) is 47.4 Å². The van der Waals surface area contributed by atoms with E-state index in [0.717, 1.165) is 6.07 Å². The first-order valence-electron chi connectivity index (χ1n) is 10.3. The zero-order valence-corrected chi connectivity index (χ0v) is 18.9. The van der Waals surface area contributed by atoms with E-state index in [1.165, 1.54) is 18.2 Å². The number of allylic oxidation sites excluding steroid dienone is 1. The molecule has 0 spiro atoms. The molecule has 14 heteroatoms. The highest BCUT2D eigenvalue weighted by Gasteiger charge is 2.41. The monoisotopic (exact) mass is 562 g/mol. The van der Waals surface area contributed by atoms with E-state index in [2.05, 4.69) is 0 Å². The molecule has 0 saturated heterocycles. The number of hydrogen-bond donors (Lipinski definition) is 0. The van der Waals surface area contributed by atoms with Crippen molar-refractivity contribution in [2.45, 2.75) is 12.4 Å². The Morgan fingerprint density at radius 2 is 0.950 bits per heavy atom. The Hall–Kier alpha value is -5.34. The smallest absolute Gasteiger partial charge is 0.203 e. The molecule has 0 aromatic heterocycles. The number of nitrogens with zero attached hydrogens (tertiary/aromatic N) is 4. The van der Waals surface area contributed by atoms with Crippen molar-refractivity contribution in [3.05, 3.63) is 92.0 Å². The third-order valence-electron chi connectivity index (χ3n) is 5.98. The molecule has 0 bridgehead atoms. The van der Waals surface area contributed by atoms with Crippen LogP contribution in [0, 0.1) is 68.6 Å². The van der Waals surface area contributed by atoms with Crippen LogP contribution in [0.2, 0.25) is 0 Å². The van der Waals surface area contributed by atoms with Crippen LogP contribution in [0.1, 0.15) is 44.5 Å². The molecule has 0 amide bonds. The van der Waals surface area contributed by atoms with E-state index in [1.54, 1.807) is 0 Å². The Bertz CT molecular complexity index is 1740. The maximum Gasteiger partial charge on any atom is 0.417 e. The lowest BCUT2D eigenvalue weighted by atomic mass is 9.90. The molecule has 0 aliphatic heterocycles. The summed E-state index contributed by atoms with van der Waals surface area (Å²) >= 11 is 0. The van der Waals surface area contributed by atoms with Crippen LogP contribution in [-0.4, -0.2) is 0 Å². The van der Waals surface area contributed by atoms with Crippen molar-refractivity contribution in [2.24, 2.45) is 0 Å². The molecule has 0 atom stereocenters. The minimum atomic E-state index is -5.25. The highest BCUT2D eigenvalue weighted by atomic mass is 19.4. The normalized spacial score (nSPS) is 12.1. The minimum absolute atomic E-state index is 0.228. The highest BCUT2D eigenvalue weighted by molar-refractivity contribution is 6.13. The largest absolute Gasteiger partial charge is 0.417 e. The van der Waals surface area contributed by atoms with Gasteiger partial charge < -0.3 is 0 Å². The molecule has 0 heterocycles. The van der Waals surface area contributed by atoms with Crippen molar-refractivity contribution >= 4 is 11.1 Å². The SMILES string of the molecule is N#CC(=C1c2cc(C(F)(F)F)c(C#N)cc2-c2cc(C#N)c(C(F)(F)F)cc21)c1c(F)c(F)c(C#N)c(F)c1F. The summed E-state index contributed by atoms with van der Waals surface area (Å²) in [6, 6.07) is 6.20. The van der Waals surface area contributed by atoms with E-state index in [-0.39, 0.29) is 12.1 Å². The second-order valence-electron chi connectivity index (χ2n) is 8.09. The number of halogens is 10. The van der Waals surface area contributed by atoms with Crippen molar-refractivity contribution in [1.29, 1.82) is 21.0 Å². The molecule has 40 heavy (non-hydrogen) atoms. The summed E-state index contributed by atoms with van der Waals surface area (Å²) in [5.41, 5.74) is -13.7. The van der Waals surface area contributed by atoms with Crippen molar-refractivity contribution < 1.29 is 43.9 Å². The molecule has 4 nitrogen and oxygen atoms in total. The first-order valence-corrected chi connectivity index (χ1v) is 10.3. The molecule has 0 fully saturated rings. The van der Waals surface area contributed by atoms with E-state index < -0.39 is 102 Å². The number of nitriles is 4. The molecule has 1 aliphatic carbocycles. The fourth-order valence-electron chi connectivity index (χ4n) is 4.31. The van der Waals surface area contributed by atoms with Gasteiger partial charge in [-0.3, -0.25) is 0 Å². The van der Waals surface area contributed by atoms with Gasteiger partial charge in [0.15, 0.2) is 23.3 Å². The van der Waals surface area contributed by atoms with Crippen LogP contribution >= 0.6 is 0 Å². The molecule has 0 saturated carbocycles. The van der Waals surface area contributed by atoms with Gasteiger partial charge in [-0.05, 0) is 46.5 Å². The summed E-state index contributed by atoms with van der Waals surface area (Å²) in [4.78, 5) is 0. The summed E-state index contributed by atoms with van der Waals surface area (Å²) in [7, 11) is 0. The van der Waals surface area contributed by atoms with Gasteiger partial charge in [-0.25, -0.2) is 17.6 Å². The lowest BCUT2D eigenvalue weighted by Gasteiger charge is -2.15. The Morgan fingerprint density at radius 3 is 1.25 bits per heavy atom. The molecule has 3 aromatic carbocycles. The van der Waals surface area contributed by atoms with Crippen molar-refractivity contribution in [2.75, 3.05) is 0 Å². The fourth-order valence-corrected chi connectivity index (χ4v) is 4.31. The molecule has 3 aromatic rings. The molecule has 0 radical (unpaired) electrons. The maximum atomic E-state index is 14.9. The van der Waals surface area contributed by atoms with Gasteiger partial charge in [0, 0.05) is 5.57 Å². The van der Waals surface area contributed by atoms with Gasteiger partial charge in [-0.1, -0.05) is 0 Å². The number of fused-ring (bicyclic) bond motifs is 3. The van der Waals surface area contributed by atoms with Crippen LogP contribution in [-0.2, 0) is 12.4 Å². The van der Waals surface area contributed by atoms with Gasteiger partial charge >= 0.3 is 12.4 Å². The Morgan fingerprint density at radius 1 is 0.550 bits per heavy atom. The van der Waals surface area contributed by atoms with Crippen LogP contribution in [0.25, 0.3) is 22.3 Å². The van der Waals surface area contributed by atoms with E-state index in [9.17, 15) is 59.7 Å². The van der Waals surface area contributed by atoms with Crippen LogP contribution in [0.5, 0.6) is 0 Å². The second kappa shape index (κ2) is 9.14. The Balaban J connectivity index is 2.30. The number of benzene rings is 3. The standard InChI is InChI=1S/C26H4F10N4/c27-21-16(8-40)22(28)24(30)20(23(21)29)15(7-39)19-13-3-17(25(31,32)33)9(5-37)1-11(13)12-2-10(6-38)18(4-14(12)19)26(34,35)36/h1-4H. The van der Waals surface area contributed by atoms with Gasteiger partial charge in [0.1, 0.15) is 17.7 Å². The van der Waals surface area contributed by atoms with E-state index in [1.807, 2.05) is 0 Å². The maximum absolute atomic E-state index is 14.9. The van der Waals surface area contributed by atoms with Crippen LogP contribution in [0.15, 0.2) is 24.3 Å². The van der Waals surface area contributed by atoms with Crippen LogP contribution in [0.4, 0.5) is 43.9 Å². The molecule has 0 N–H and O–H groups in total. The fraction of sp³-hybridized carbons (Fsp3) is 0.0769. The average molecular weight is 562 g/mol. The summed E-state index contributed by atoms with van der Waals surface area (Å²) in [5, 5.41) is 37.2. The molecule has 198 valence electrons. The van der Waals surface area contributed by atoms with Gasteiger partial charge in [0.25, 0.3) is 0 Å². The van der Waals surface area contributed by atoms with Crippen molar-refractivity contribution in [3.63, 3.8) is 0 Å². The third-order valence-corrected chi connectivity index (χ3v) is 5.98. The lowest BCUT2D eigenvalue weighted by molar-refractivity contribution is -0.138. The Kier molecular flexibility index (Phi) is 6.33. The predicted molar refractivity (Wildman–Crippen MR) is 114 cm³/mol. The predicted octanol–water partition coefficient (Wildman–Crippen LogP) is 7.36. The molecule has 0 unspecified atom stereocenters. The zero-order valence-electron chi connectivity index (χ0n) is 18.9. The van der Waals surface area contributed by atoms with E-state index in [4.69, 9.17) is 5.26 Å². The summed E-state index contributed by atoms with van der Waals surface area (Å²) in [6.45, 7) is 0. The summed E-state index contributed by atoms with van der Waals surface area (Å²) in [5.74, 6) is -9.17. The number of rotatable bonds is 1. The molecular formula is C26H4F10N4. The lowest BCUT2D eigenvalue weighted by Crippen LogP contribution is -2.10. The summed E-state index contributed by atoms with van der Waals surface area (Å²) < 4.78 is 141. The Labute approximate surface area is 216 Å². The quantitative estimate of drug-likeness (QED) is 0.138. The third kappa shape index (κ3) is 3.98. The molecule has 4 rings (SSSR count). The number of alkyl halides is 6. The van der Waals surface area contributed by atoms with Gasteiger partial charge in [0.05, 0.1) is 45.5 Å². The minimum Gasteiger partial charge on any atom is -0.203 e. The van der Waals surface area contributed by atoms with Crippen LogP contribution < -0.4 is 0 Å². The number of hydrogen-bond acceptors (Lipinski definition) is 4. The molecule has 1 aliphatic rings. The first-order chi connectivity index (χ1) is 18.6. The van der Waals surface area contributed by atoms with Crippen molar-refractivity contribution in [3.8, 4) is 35.4 Å². The first kappa shape index (κ1) is 27.7. The topological polar surface area (TPSA) is 95.2 Å². The summed E-state index contributed by atoms with van der Waals surface area (Å²) in [6.07, 6.45) is -10.5. The highest BCUT2D eigenvalue weighted by Crippen LogP contribution is 2.52. The van der Waals surface area contributed by atoms with Crippen LogP contribution in [0.3, 0.4) is 0 Å².